The topological polar surface area (TPSA) is 84.5 Å². The number of hydrogen-bond acceptors (Lipinski definition) is 4. The summed E-state index contributed by atoms with van der Waals surface area (Å²) >= 11 is 5.80. The van der Waals surface area contributed by atoms with Crippen LogP contribution in [0.25, 0.3) is 0 Å². The minimum absolute atomic E-state index is 0.0194. The summed E-state index contributed by atoms with van der Waals surface area (Å²) < 4.78 is 32.3. The smallest absolute Gasteiger partial charge is 0.261 e. The molecule has 0 heterocycles. The molecule has 0 aromatic heterocycles. The highest BCUT2D eigenvalue weighted by atomic mass is 35.5. The summed E-state index contributed by atoms with van der Waals surface area (Å²) in [4.78, 5) is 12.6. The predicted octanol–water partition coefficient (Wildman–Crippen LogP) is 2.94. The third kappa shape index (κ3) is 4.43. The molecule has 1 aliphatic rings. The summed E-state index contributed by atoms with van der Waals surface area (Å²) in [6.45, 7) is 0.934. The second-order valence-electron chi connectivity index (χ2n) is 6.47. The fourth-order valence-electron chi connectivity index (χ4n) is 2.89. The van der Waals surface area contributed by atoms with Crippen molar-refractivity contribution in [2.24, 2.45) is 0 Å². The highest BCUT2D eigenvalue weighted by molar-refractivity contribution is 7.92. The molecule has 0 atom stereocenters. The Morgan fingerprint density at radius 1 is 1.11 bits per heavy atom. The third-order valence-electron chi connectivity index (χ3n) is 4.59. The van der Waals surface area contributed by atoms with Crippen molar-refractivity contribution in [2.45, 2.75) is 23.2 Å². The number of sulfonamides is 1. The van der Waals surface area contributed by atoms with Gasteiger partial charge in [-0.25, -0.2) is 8.42 Å². The van der Waals surface area contributed by atoms with E-state index in [0.29, 0.717) is 23.9 Å². The SMILES string of the molecule is COCCNC(=O)C1(c2ccc(NS(=O)(=O)c3ccc(Cl)cc3)cc2)CC1. The number of carbonyl (C=O) groups excluding carboxylic acids is 1. The molecule has 1 fully saturated rings. The van der Waals surface area contributed by atoms with E-state index >= 15 is 0 Å². The molecule has 2 aromatic rings. The molecule has 1 amide bonds. The van der Waals surface area contributed by atoms with Gasteiger partial charge in [-0.05, 0) is 54.8 Å². The Kier molecular flexibility index (Phi) is 5.74. The van der Waals surface area contributed by atoms with Crippen molar-refractivity contribution in [1.82, 2.24) is 5.32 Å². The van der Waals surface area contributed by atoms with Crippen molar-refractivity contribution in [1.29, 1.82) is 0 Å². The summed E-state index contributed by atoms with van der Waals surface area (Å²) in [5.74, 6) is -0.0194. The molecular formula is C19H21ClN2O4S. The van der Waals surface area contributed by atoms with Gasteiger partial charge in [-0.2, -0.15) is 0 Å². The zero-order valence-corrected chi connectivity index (χ0v) is 16.4. The number of anilines is 1. The summed E-state index contributed by atoms with van der Waals surface area (Å²) in [5.41, 5.74) is 0.803. The first-order valence-corrected chi connectivity index (χ1v) is 10.4. The quantitative estimate of drug-likeness (QED) is 0.658. The van der Waals surface area contributed by atoms with E-state index < -0.39 is 15.4 Å². The van der Waals surface area contributed by atoms with Crippen LogP contribution in [0, 0.1) is 0 Å². The number of ether oxygens (including phenoxy) is 1. The Bertz CT molecular complexity index is 908. The number of nitrogens with one attached hydrogen (secondary N) is 2. The molecule has 2 N–H and O–H groups in total. The number of benzene rings is 2. The van der Waals surface area contributed by atoms with Gasteiger partial charge in [-0.3, -0.25) is 9.52 Å². The number of halogens is 1. The first-order valence-electron chi connectivity index (χ1n) is 8.54. The van der Waals surface area contributed by atoms with E-state index in [4.69, 9.17) is 16.3 Å². The van der Waals surface area contributed by atoms with E-state index in [2.05, 4.69) is 10.0 Å². The maximum atomic E-state index is 12.4. The third-order valence-corrected chi connectivity index (χ3v) is 6.24. The lowest BCUT2D eigenvalue weighted by Crippen LogP contribution is -2.36. The van der Waals surface area contributed by atoms with Crippen LogP contribution in [-0.4, -0.2) is 34.6 Å². The molecule has 1 saturated carbocycles. The van der Waals surface area contributed by atoms with Gasteiger partial charge >= 0.3 is 0 Å². The molecule has 3 rings (SSSR count). The van der Waals surface area contributed by atoms with E-state index in [1.54, 1.807) is 31.4 Å². The van der Waals surface area contributed by atoms with E-state index in [1.807, 2.05) is 0 Å². The Labute approximate surface area is 163 Å². The number of methoxy groups -OCH3 is 1. The molecule has 0 saturated heterocycles. The predicted molar refractivity (Wildman–Crippen MR) is 105 cm³/mol. The van der Waals surface area contributed by atoms with Gasteiger partial charge in [0.1, 0.15) is 0 Å². The van der Waals surface area contributed by atoms with Crippen molar-refractivity contribution in [3.63, 3.8) is 0 Å². The average molecular weight is 409 g/mol. The molecule has 0 unspecified atom stereocenters. The van der Waals surface area contributed by atoms with Crippen LogP contribution in [-0.2, 0) is 25.0 Å². The van der Waals surface area contributed by atoms with Crippen LogP contribution in [0.4, 0.5) is 5.69 Å². The van der Waals surface area contributed by atoms with Gasteiger partial charge in [-0.15, -0.1) is 0 Å². The molecule has 6 nitrogen and oxygen atoms in total. The maximum Gasteiger partial charge on any atom is 0.261 e. The summed E-state index contributed by atoms with van der Waals surface area (Å²) in [5, 5.41) is 3.35. The Morgan fingerprint density at radius 2 is 1.74 bits per heavy atom. The number of amides is 1. The van der Waals surface area contributed by atoms with Crippen LogP contribution in [0.3, 0.4) is 0 Å². The first-order chi connectivity index (χ1) is 12.9. The van der Waals surface area contributed by atoms with Crippen molar-refractivity contribution >= 4 is 33.2 Å². The first kappa shape index (κ1) is 19.7. The van der Waals surface area contributed by atoms with Crippen LogP contribution in [0.1, 0.15) is 18.4 Å². The largest absolute Gasteiger partial charge is 0.383 e. The van der Waals surface area contributed by atoms with Crippen LogP contribution in [0.15, 0.2) is 53.4 Å². The van der Waals surface area contributed by atoms with E-state index in [0.717, 1.165) is 18.4 Å². The lowest BCUT2D eigenvalue weighted by molar-refractivity contribution is -0.123. The van der Waals surface area contributed by atoms with E-state index in [-0.39, 0.29) is 10.8 Å². The van der Waals surface area contributed by atoms with Gasteiger partial charge in [0.2, 0.25) is 5.91 Å². The van der Waals surface area contributed by atoms with Crippen molar-refractivity contribution < 1.29 is 17.9 Å². The number of hydrogen-bond donors (Lipinski definition) is 2. The second-order valence-corrected chi connectivity index (χ2v) is 8.59. The van der Waals surface area contributed by atoms with Gasteiger partial charge in [-0.1, -0.05) is 23.7 Å². The van der Waals surface area contributed by atoms with Gasteiger partial charge in [0.25, 0.3) is 10.0 Å². The molecule has 0 radical (unpaired) electrons. The molecular weight excluding hydrogens is 388 g/mol. The average Bonchev–Trinajstić information content (AvgIpc) is 3.44. The summed E-state index contributed by atoms with van der Waals surface area (Å²) in [6.07, 6.45) is 1.56. The fraction of sp³-hybridized carbons (Fsp3) is 0.316. The van der Waals surface area contributed by atoms with Crippen LogP contribution in [0.2, 0.25) is 5.02 Å². The molecule has 0 aliphatic heterocycles. The van der Waals surface area contributed by atoms with E-state index in [1.165, 1.54) is 24.3 Å². The standard InChI is InChI=1S/C19H21ClN2O4S/c1-26-13-12-21-18(23)19(10-11-19)14-2-6-16(7-3-14)22-27(24,25)17-8-4-15(20)5-9-17/h2-9,22H,10-13H2,1H3,(H,21,23). The van der Waals surface area contributed by atoms with Crippen molar-refractivity contribution in [3.05, 3.63) is 59.1 Å². The van der Waals surface area contributed by atoms with Crippen LogP contribution >= 0.6 is 11.6 Å². The van der Waals surface area contributed by atoms with Crippen molar-refractivity contribution in [2.75, 3.05) is 25.0 Å². The monoisotopic (exact) mass is 408 g/mol. The number of rotatable bonds is 8. The highest BCUT2D eigenvalue weighted by Crippen LogP contribution is 2.48. The summed E-state index contributed by atoms with van der Waals surface area (Å²) in [7, 11) is -2.11. The van der Waals surface area contributed by atoms with Gasteiger partial charge in [0, 0.05) is 24.4 Å². The highest BCUT2D eigenvalue weighted by Gasteiger charge is 2.51. The van der Waals surface area contributed by atoms with Crippen LogP contribution < -0.4 is 10.0 Å². The minimum Gasteiger partial charge on any atom is -0.383 e. The maximum absolute atomic E-state index is 12.4. The molecule has 27 heavy (non-hydrogen) atoms. The van der Waals surface area contributed by atoms with Gasteiger partial charge in [0.15, 0.2) is 0 Å². The van der Waals surface area contributed by atoms with E-state index in [9.17, 15) is 13.2 Å². The lowest BCUT2D eigenvalue weighted by Gasteiger charge is -2.16. The molecule has 0 bridgehead atoms. The van der Waals surface area contributed by atoms with Gasteiger partial charge in [0.05, 0.1) is 16.9 Å². The Balaban J connectivity index is 1.70. The summed E-state index contributed by atoms with van der Waals surface area (Å²) in [6, 6.07) is 12.9. The molecule has 1 aliphatic carbocycles. The molecule has 144 valence electrons. The fourth-order valence-corrected chi connectivity index (χ4v) is 4.08. The normalized spacial score (nSPS) is 15.2. The second kappa shape index (κ2) is 7.88. The minimum atomic E-state index is -3.70. The Hall–Kier alpha value is -2.09. The van der Waals surface area contributed by atoms with Crippen molar-refractivity contribution in [3.8, 4) is 0 Å². The number of carbonyl (C=O) groups is 1. The lowest BCUT2D eigenvalue weighted by atomic mass is 9.95. The molecule has 2 aromatic carbocycles. The zero-order valence-electron chi connectivity index (χ0n) is 14.9. The van der Waals surface area contributed by atoms with Gasteiger partial charge < -0.3 is 10.1 Å². The molecule has 8 heteroatoms. The zero-order chi connectivity index (χ0) is 19.5. The molecule has 0 spiro atoms. The Morgan fingerprint density at radius 3 is 2.30 bits per heavy atom. The van der Waals surface area contributed by atoms with Crippen LogP contribution in [0.5, 0.6) is 0 Å².